The van der Waals surface area contributed by atoms with Crippen LogP contribution in [0.4, 0.5) is 0 Å². The lowest BCUT2D eigenvalue weighted by atomic mass is 9.99. The molecule has 3 atom stereocenters. The van der Waals surface area contributed by atoms with Crippen LogP contribution in [0.3, 0.4) is 0 Å². The van der Waals surface area contributed by atoms with Gasteiger partial charge in [0.15, 0.2) is 0 Å². The topological polar surface area (TPSA) is 12.5 Å². The molecule has 2 nitrogen and oxygen atoms in total. The lowest BCUT2D eigenvalue weighted by Gasteiger charge is -2.40. The van der Waals surface area contributed by atoms with Crippen molar-refractivity contribution in [2.45, 2.75) is 39.3 Å². The van der Waals surface area contributed by atoms with Crippen LogP contribution in [0.25, 0.3) is 0 Å². The molecule has 0 spiro atoms. The molecule has 1 unspecified atom stereocenters. The van der Waals surface area contributed by atoms with Gasteiger partial charge in [-0.2, -0.15) is 0 Å². The standard InChI is InChI=1S/C16H25NO/c1-13(9-16-7-5-4-6-8-16)10-17-14(2)11-18-12-15(17)3/h4-8,13-15H,9-12H2,1-3H3/t13?,14-,15+. The molecule has 0 radical (unpaired) electrons. The second kappa shape index (κ2) is 6.35. The Morgan fingerprint density at radius 2 is 1.78 bits per heavy atom. The van der Waals surface area contributed by atoms with E-state index in [1.807, 2.05) is 0 Å². The number of rotatable bonds is 4. The lowest BCUT2D eigenvalue weighted by molar-refractivity contribution is -0.0421. The van der Waals surface area contributed by atoms with E-state index >= 15 is 0 Å². The van der Waals surface area contributed by atoms with Crippen molar-refractivity contribution >= 4 is 0 Å². The SMILES string of the molecule is CC(Cc1ccccc1)CN1[C@H](C)COC[C@@H]1C. The molecule has 0 aliphatic carbocycles. The van der Waals surface area contributed by atoms with E-state index in [4.69, 9.17) is 4.74 Å². The van der Waals surface area contributed by atoms with Gasteiger partial charge in [-0.25, -0.2) is 0 Å². The summed E-state index contributed by atoms with van der Waals surface area (Å²) in [4.78, 5) is 2.59. The van der Waals surface area contributed by atoms with Gasteiger partial charge in [-0.05, 0) is 31.7 Å². The van der Waals surface area contributed by atoms with Gasteiger partial charge in [-0.3, -0.25) is 4.90 Å². The molecule has 0 aromatic heterocycles. The van der Waals surface area contributed by atoms with Crippen molar-refractivity contribution in [3.05, 3.63) is 35.9 Å². The fourth-order valence-electron chi connectivity index (χ4n) is 2.84. The molecule has 1 aromatic carbocycles. The van der Waals surface area contributed by atoms with Gasteiger partial charge < -0.3 is 4.74 Å². The van der Waals surface area contributed by atoms with Gasteiger partial charge in [0.1, 0.15) is 0 Å². The van der Waals surface area contributed by atoms with E-state index in [0.29, 0.717) is 18.0 Å². The summed E-state index contributed by atoms with van der Waals surface area (Å²) in [6.07, 6.45) is 1.16. The fourth-order valence-corrected chi connectivity index (χ4v) is 2.84. The molecular weight excluding hydrogens is 222 g/mol. The number of ether oxygens (including phenoxy) is 1. The van der Waals surface area contributed by atoms with Crippen LogP contribution in [0, 0.1) is 5.92 Å². The number of hydrogen-bond donors (Lipinski definition) is 0. The van der Waals surface area contributed by atoms with Gasteiger partial charge in [0, 0.05) is 18.6 Å². The van der Waals surface area contributed by atoms with Gasteiger partial charge in [-0.1, -0.05) is 37.3 Å². The Balaban J connectivity index is 1.88. The zero-order chi connectivity index (χ0) is 13.0. The number of hydrogen-bond acceptors (Lipinski definition) is 2. The van der Waals surface area contributed by atoms with E-state index < -0.39 is 0 Å². The Morgan fingerprint density at radius 1 is 1.17 bits per heavy atom. The second-order valence-electron chi connectivity index (χ2n) is 5.73. The van der Waals surface area contributed by atoms with Crippen molar-refractivity contribution in [3.63, 3.8) is 0 Å². The molecule has 0 N–H and O–H groups in total. The Bertz CT molecular complexity index is 341. The Labute approximate surface area is 111 Å². The molecule has 1 fully saturated rings. The average molecular weight is 247 g/mol. The van der Waals surface area contributed by atoms with Crippen LogP contribution in [0.1, 0.15) is 26.3 Å². The maximum Gasteiger partial charge on any atom is 0.0620 e. The van der Waals surface area contributed by atoms with E-state index in [-0.39, 0.29) is 0 Å². The second-order valence-corrected chi connectivity index (χ2v) is 5.73. The van der Waals surface area contributed by atoms with Crippen LogP contribution in [0.15, 0.2) is 30.3 Å². The van der Waals surface area contributed by atoms with Crippen LogP contribution < -0.4 is 0 Å². The first-order valence-electron chi connectivity index (χ1n) is 7.04. The molecule has 0 bridgehead atoms. The third-order valence-corrected chi connectivity index (χ3v) is 3.80. The highest BCUT2D eigenvalue weighted by atomic mass is 16.5. The quantitative estimate of drug-likeness (QED) is 0.811. The molecule has 1 aliphatic rings. The zero-order valence-corrected chi connectivity index (χ0v) is 11.8. The summed E-state index contributed by atoms with van der Waals surface area (Å²) < 4.78 is 5.58. The van der Waals surface area contributed by atoms with Crippen LogP contribution in [-0.2, 0) is 11.2 Å². The van der Waals surface area contributed by atoms with Crippen LogP contribution in [-0.4, -0.2) is 36.7 Å². The molecule has 1 heterocycles. The highest BCUT2D eigenvalue weighted by Crippen LogP contribution is 2.17. The Hall–Kier alpha value is -0.860. The zero-order valence-electron chi connectivity index (χ0n) is 11.8. The summed E-state index contributed by atoms with van der Waals surface area (Å²) >= 11 is 0. The molecule has 100 valence electrons. The first kappa shape index (κ1) is 13.6. The third-order valence-electron chi connectivity index (χ3n) is 3.80. The van der Waals surface area contributed by atoms with Crippen molar-refractivity contribution < 1.29 is 4.74 Å². The van der Waals surface area contributed by atoms with E-state index in [1.165, 1.54) is 12.1 Å². The van der Waals surface area contributed by atoms with E-state index in [2.05, 4.69) is 56.0 Å². The van der Waals surface area contributed by atoms with Crippen LogP contribution >= 0.6 is 0 Å². The maximum absolute atomic E-state index is 5.58. The van der Waals surface area contributed by atoms with Gasteiger partial charge in [-0.15, -0.1) is 0 Å². The van der Waals surface area contributed by atoms with Crippen LogP contribution in [0.5, 0.6) is 0 Å². The molecule has 2 rings (SSSR count). The fraction of sp³-hybridized carbons (Fsp3) is 0.625. The highest BCUT2D eigenvalue weighted by Gasteiger charge is 2.26. The molecule has 1 saturated heterocycles. The first-order chi connectivity index (χ1) is 8.66. The lowest BCUT2D eigenvalue weighted by Crippen LogP contribution is -2.51. The predicted molar refractivity (Wildman–Crippen MR) is 75.8 cm³/mol. The Kier molecular flexibility index (Phi) is 4.79. The van der Waals surface area contributed by atoms with Crippen molar-refractivity contribution in [2.75, 3.05) is 19.8 Å². The molecule has 1 aromatic rings. The normalized spacial score (nSPS) is 27.1. The average Bonchev–Trinajstić information content (AvgIpc) is 2.35. The summed E-state index contributed by atoms with van der Waals surface area (Å²) in [5, 5.41) is 0. The first-order valence-corrected chi connectivity index (χ1v) is 7.04. The van der Waals surface area contributed by atoms with Gasteiger partial charge in [0.05, 0.1) is 13.2 Å². The number of benzene rings is 1. The molecule has 0 amide bonds. The van der Waals surface area contributed by atoms with E-state index in [0.717, 1.165) is 19.6 Å². The maximum atomic E-state index is 5.58. The minimum Gasteiger partial charge on any atom is -0.378 e. The molecule has 18 heavy (non-hydrogen) atoms. The van der Waals surface area contributed by atoms with Crippen molar-refractivity contribution in [1.29, 1.82) is 0 Å². The summed E-state index contributed by atoms with van der Waals surface area (Å²) in [7, 11) is 0. The number of morpholine rings is 1. The van der Waals surface area contributed by atoms with Crippen LogP contribution in [0.2, 0.25) is 0 Å². The van der Waals surface area contributed by atoms with E-state index in [9.17, 15) is 0 Å². The van der Waals surface area contributed by atoms with Gasteiger partial charge >= 0.3 is 0 Å². The van der Waals surface area contributed by atoms with E-state index in [1.54, 1.807) is 0 Å². The third kappa shape index (κ3) is 3.56. The smallest absolute Gasteiger partial charge is 0.0620 e. The number of nitrogens with zero attached hydrogens (tertiary/aromatic N) is 1. The largest absolute Gasteiger partial charge is 0.378 e. The van der Waals surface area contributed by atoms with Crippen molar-refractivity contribution in [3.8, 4) is 0 Å². The molecule has 2 heteroatoms. The summed E-state index contributed by atoms with van der Waals surface area (Å²) in [6, 6.07) is 11.9. The van der Waals surface area contributed by atoms with Gasteiger partial charge in [0.2, 0.25) is 0 Å². The summed E-state index contributed by atoms with van der Waals surface area (Å²) in [6.45, 7) is 9.81. The molecule has 1 aliphatic heterocycles. The highest BCUT2D eigenvalue weighted by molar-refractivity contribution is 5.15. The minimum atomic E-state index is 0.548. The van der Waals surface area contributed by atoms with Crippen molar-refractivity contribution in [2.24, 2.45) is 5.92 Å². The molecule has 0 saturated carbocycles. The van der Waals surface area contributed by atoms with Gasteiger partial charge in [0.25, 0.3) is 0 Å². The Morgan fingerprint density at radius 3 is 2.39 bits per heavy atom. The minimum absolute atomic E-state index is 0.548. The van der Waals surface area contributed by atoms with Crippen molar-refractivity contribution in [1.82, 2.24) is 4.90 Å². The molecular formula is C16H25NO. The summed E-state index contributed by atoms with van der Waals surface area (Å²) in [5.41, 5.74) is 1.44. The summed E-state index contributed by atoms with van der Waals surface area (Å²) in [5.74, 6) is 0.690. The predicted octanol–water partition coefficient (Wildman–Crippen LogP) is 2.97. The monoisotopic (exact) mass is 247 g/mol.